The first kappa shape index (κ1) is 7.81. The highest BCUT2D eigenvalue weighted by molar-refractivity contribution is 5.40. The van der Waals surface area contributed by atoms with Crippen molar-refractivity contribution in [3.8, 4) is 0 Å². The average molecular weight is 161 g/mol. The highest BCUT2D eigenvalue weighted by atomic mass is 14.7. The van der Waals surface area contributed by atoms with E-state index in [9.17, 15) is 0 Å². The molecule has 1 aromatic rings. The van der Waals surface area contributed by atoms with E-state index in [-0.39, 0.29) is 0 Å². The molecule has 0 radical (unpaired) electrons. The van der Waals surface area contributed by atoms with Crippen LogP contribution in [0.5, 0.6) is 0 Å². The number of rotatable bonds is 0. The maximum absolute atomic E-state index is 6.07. The molecule has 0 saturated carbocycles. The molecule has 1 aliphatic rings. The van der Waals surface area contributed by atoms with Gasteiger partial charge in [-0.25, -0.2) is 0 Å². The van der Waals surface area contributed by atoms with Gasteiger partial charge in [0.1, 0.15) is 0 Å². The predicted molar refractivity (Wildman–Crippen MR) is 51.2 cm³/mol. The Bertz CT molecular complexity index is 264. The highest BCUT2D eigenvalue weighted by Crippen LogP contribution is 2.39. The summed E-state index contributed by atoms with van der Waals surface area (Å²) in [4.78, 5) is 0. The smallest absolute Gasteiger partial charge is 0.0172 e. The van der Waals surface area contributed by atoms with Crippen LogP contribution in [-0.2, 0) is 0 Å². The molecule has 0 aliphatic heterocycles. The summed E-state index contributed by atoms with van der Waals surface area (Å²) in [5, 5.41) is 0. The van der Waals surface area contributed by atoms with E-state index >= 15 is 0 Å². The Morgan fingerprint density at radius 3 is 1.83 bits per heavy atom. The Morgan fingerprint density at radius 1 is 1.00 bits per heavy atom. The zero-order valence-corrected chi connectivity index (χ0v) is 7.62. The van der Waals surface area contributed by atoms with Gasteiger partial charge in [0, 0.05) is 6.04 Å². The summed E-state index contributed by atoms with van der Waals surface area (Å²) >= 11 is 0. The zero-order valence-electron chi connectivity index (χ0n) is 7.62. The Hall–Kier alpha value is -0.820. The largest absolute Gasteiger partial charge is 0.327 e. The van der Waals surface area contributed by atoms with Crippen LogP contribution in [0.1, 0.15) is 36.8 Å². The van der Waals surface area contributed by atoms with Crippen molar-refractivity contribution >= 4 is 0 Å². The highest BCUT2D eigenvalue weighted by Gasteiger charge is 2.31. The van der Waals surface area contributed by atoms with E-state index in [1.54, 1.807) is 0 Å². The summed E-state index contributed by atoms with van der Waals surface area (Å²) in [7, 11) is 0. The van der Waals surface area contributed by atoms with Crippen LogP contribution in [0.15, 0.2) is 24.3 Å². The maximum Gasteiger partial charge on any atom is 0.0172 e. The van der Waals surface area contributed by atoms with Gasteiger partial charge in [-0.2, -0.15) is 0 Å². The number of hydrogen-bond donors (Lipinski definition) is 1. The molecule has 0 aromatic heterocycles. The van der Waals surface area contributed by atoms with Gasteiger partial charge >= 0.3 is 0 Å². The normalized spacial score (nSPS) is 33.4. The van der Waals surface area contributed by atoms with Crippen molar-refractivity contribution in [3.05, 3.63) is 35.4 Å². The van der Waals surface area contributed by atoms with Crippen LogP contribution in [0, 0.1) is 0 Å². The number of benzene rings is 1. The van der Waals surface area contributed by atoms with Crippen LogP contribution < -0.4 is 5.73 Å². The average Bonchev–Trinajstić information content (AvgIpc) is 2.33. The monoisotopic (exact) mass is 161 g/mol. The lowest BCUT2D eigenvalue weighted by atomic mass is 9.99. The Labute approximate surface area is 73.6 Å². The summed E-state index contributed by atoms with van der Waals surface area (Å²) < 4.78 is 0. The van der Waals surface area contributed by atoms with E-state index in [1.165, 1.54) is 11.1 Å². The summed E-state index contributed by atoms with van der Waals surface area (Å²) in [6.07, 6.45) is 0. The van der Waals surface area contributed by atoms with Crippen LogP contribution in [0.25, 0.3) is 0 Å². The SMILES string of the molecule is C[C@@H]1c2ccccc2[C@H](C)[C@@H]1N. The van der Waals surface area contributed by atoms with E-state index in [0.717, 1.165) is 0 Å². The predicted octanol–water partition coefficient (Wildman–Crippen LogP) is 2.23. The van der Waals surface area contributed by atoms with Gasteiger partial charge in [-0.3, -0.25) is 0 Å². The van der Waals surface area contributed by atoms with Crippen LogP contribution in [-0.4, -0.2) is 6.04 Å². The third kappa shape index (κ3) is 0.896. The Balaban J connectivity index is 2.52. The molecule has 1 aromatic carbocycles. The molecule has 12 heavy (non-hydrogen) atoms. The minimum atomic E-state index is 0.308. The molecule has 1 aliphatic carbocycles. The number of fused-ring (bicyclic) bond motifs is 1. The molecular weight excluding hydrogens is 146 g/mol. The van der Waals surface area contributed by atoms with Crippen LogP contribution >= 0.6 is 0 Å². The zero-order chi connectivity index (χ0) is 8.72. The van der Waals surface area contributed by atoms with Gasteiger partial charge < -0.3 is 5.73 Å². The third-order valence-electron chi connectivity index (χ3n) is 3.13. The molecule has 0 unspecified atom stereocenters. The summed E-state index contributed by atoms with van der Waals surface area (Å²) in [6, 6.07) is 8.90. The lowest BCUT2D eigenvalue weighted by Gasteiger charge is -2.13. The standard InChI is InChI=1S/C11H15N/c1-7-9-5-3-4-6-10(9)8(2)11(7)12/h3-8,11H,12H2,1-2H3/t7-,8+,11-. The van der Waals surface area contributed by atoms with Gasteiger partial charge in [0.25, 0.3) is 0 Å². The number of nitrogens with two attached hydrogens (primary N) is 1. The van der Waals surface area contributed by atoms with Crippen molar-refractivity contribution in [3.63, 3.8) is 0 Å². The summed E-state index contributed by atoms with van der Waals surface area (Å²) in [6.45, 7) is 4.43. The van der Waals surface area contributed by atoms with E-state index in [1.807, 2.05) is 0 Å². The lowest BCUT2D eigenvalue weighted by molar-refractivity contribution is 0.544. The molecule has 0 bridgehead atoms. The van der Waals surface area contributed by atoms with Gasteiger partial charge in [0.2, 0.25) is 0 Å². The number of hydrogen-bond acceptors (Lipinski definition) is 1. The quantitative estimate of drug-likeness (QED) is 0.620. The second-order valence-electron chi connectivity index (χ2n) is 3.78. The maximum atomic E-state index is 6.07. The Morgan fingerprint density at radius 2 is 1.42 bits per heavy atom. The van der Waals surface area contributed by atoms with E-state index in [0.29, 0.717) is 17.9 Å². The van der Waals surface area contributed by atoms with Gasteiger partial charge in [-0.1, -0.05) is 38.1 Å². The molecule has 0 spiro atoms. The van der Waals surface area contributed by atoms with Crippen molar-refractivity contribution in [2.75, 3.05) is 0 Å². The van der Waals surface area contributed by atoms with Crippen molar-refractivity contribution in [1.29, 1.82) is 0 Å². The van der Waals surface area contributed by atoms with E-state index in [2.05, 4.69) is 38.1 Å². The molecule has 2 rings (SSSR count). The van der Waals surface area contributed by atoms with Gasteiger partial charge in [-0.15, -0.1) is 0 Å². The fourth-order valence-electron chi connectivity index (χ4n) is 2.19. The molecule has 64 valence electrons. The molecule has 3 atom stereocenters. The molecule has 1 heteroatoms. The first-order valence-corrected chi connectivity index (χ1v) is 4.56. The second kappa shape index (κ2) is 2.60. The van der Waals surface area contributed by atoms with Crippen LogP contribution in [0.4, 0.5) is 0 Å². The lowest BCUT2D eigenvalue weighted by Crippen LogP contribution is -2.25. The summed E-state index contributed by atoms with van der Waals surface area (Å²) in [5.74, 6) is 1.05. The minimum Gasteiger partial charge on any atom is -0.327 e. The van der Waals surface area contributed by atoms with Crippen LogP contribution in [0.2, 0.25) is 0 Å². The van der Waals surface area contributed by atoms with Gasteiger partial charge in [0.05, 0.1) is 0 Å². The van der Waals surface area contributed by atoms with Crippen molar-refractivity contribution in [1.82, 2.24) is 0 Å². The van der Waals surface area contributed by atoms with Crippen molar-refractivity contribution in [2.45, 2.75) is 31.7 Å². The van der Waals surface area contributed by atoms with E-state index < -0.39 is 0 Å². The first-order valence-electron chi connectivity index (χ1n) is 4.56. The minimum absolute atomic E-state index is 0.308. The Kier molecular flexibility index (Phi) is 1.69. The molecule has 0 saturated heterocycles. The van der Waals surface area contributed by atoms with Crippen LogP contribution in [0.3, 0.4) is 0 Å². The molecule has 1 nitrogen and oxygen atoms in total. The molecule has 0 heterocycles. The fourth-order valence-corrected chi connectivity index (χ4v) is 2.19. The molecule has 0 amide bonds. The molecular formula is C11H15N. The van der Waals surface area contributed by atoms with E-state index in [4.69, 9.17) is 5.73 Å². The molecule has 0 fully saturated rings. The van der Waals surface area contributed by atoms with Crippen molar-refractivity contribution in [2.24, 2.45) is 5.73 Å². The van der Waals surface area contributed by atoms with Crippen molar-refractivity contribution < 1.29 is 0 Å². The fraction of sp³-hybridized carbons (Fsp3) is 0.455. The topological polar surface area (TPSA) is 26.0 Å². The van der Waals surface area contributed by atoms with Gasteiger partial charge in [-0.05, 0) is 23.0 Å². The molecule has 2 N–H and O–H groups in total. The summed E-state index contributed by atoms with van der Waals surface area (Å²) in [5.41, 5.74) is 8.96. The second-order valence-corrected chi connectivity index (χ2v) is 3.78. The third-order valence-corrected chi connectivity index (χ3v) is 3.13. The first-order chi connectivity index (χ1) is 5.72. The van der Waals surface area contributed by atoms with Gasteiger partial charge in [0.15, 0.2) is 0 Å².